The maximum Gasteiger partial charge on any atom is 0.158 e. The summed E-state index contributed by atoms with van der Waals surface area (Å²) in [6.07, 6.45) is 0. The molecule has 0 saturated heterocycles. The van der Waals surface area contributed by atoms with Crippen molar-refractivity contribution in [2.45, 2.75) is 55.4 Å². The Balaban J connectivity index is 2.03. The van der Waals surface area contributed by atoms with Gasteiger partial charge in [0.1, 0.15) is 30.1 Å². The molecule has 11 heteroatoms. The van der Waals surface area contributed by atoms with Crippen molar-refractivity contribution in [1.29, 1.82) is 10.5 Å². The van der Waals surface area contributed by atoms with Crippen molar-refractivity contribution in [1.82, 2.24) is 0 Å². The topological polar surface area (TPSA) is 103 Å². The van der Waals surface area contributed by atoms with E-state index in [2.05, 4.69) is 74.9 Å². The molecule has 0 bridgehead atoms. The first-order chi connectivity index (χ1) is 22.7. The second-order valence-corrected chi connectivity index (χ2v) is 13.0. The van der Waals surface area contributed by atoms with Gasteiger partial charge in [-0.05, 0) is 84.7 Å². The smallest absolute Gasteiger partial charge is 0.158 e. The lowest BCUT2D eigenvalue weighted by Crippen LogP contribution is -2.49. The van der Waals surface area contributed by atoms with E-state index in [9.17, 15) is 10.5 Å². The zero-order valence-electron chi connectivity index (χ0n) is 30.3. The number of benzene rings is 1. The van der Waals surface area contributed by atoms with Crippen LogP contribution < -0.4 is 4.90 Å². The molecule has 0 aliphatic heterocycles. The van der Waals surface area contributed by atoms with Gasteiger partial charge >= 0.3 is 0 Å². The van der Waals surface area contributed by atoms with Crippen molar-refractivity contribution in [3.8, 4) is 12.1 Å². The minimum absolute atomic E-state index is 0.407. The van der Waals surface area contributed by atoms with Gasteiger partial charge in [-0.3, -0.25) is 0 Å². The van der Waals surface area contributed by atoms with Gasteiger partial charge in [0.2, 0.25) is 0 Å². The number of anilines is 1. The van der Waals surface area contributed by atoms with Crippen LogP contribution in [0.3, 0.4) is 0 Å². The number of rotatable bonds is 24. The summed E-state index contributed by atoms with van der Waals surface area (Å²) in [7, 11) is 0. The third-order valence-corrected chi connectivity index (χ3v) is 11.0. The van der Waals surface area contributed by atoms with Crippen LogP contribution in [-0.4, -0.2) is 114 Å². The molecule has 0 N–H and O–H groups in total. The van der Waals surface area contributed by atoms with Gasteiger partial charge in [0, 0.05) is 18.8 Å². The van der Waals surface area contributed by atoms with Crippen LogP contribution in [0.25, 0.3) is 0 Å². The van der Waals surface area contributed by atoms with Gasteiger partial charge < -0.3 is 28.1 Å². The number of aryl methyl sites for hydroxylation is 1. The third kappa shape index (κ3) is 11.9. The second kappa shape index (κ2) is 21.1. The van der Waals surface area contributed by atoms with Crippen LogP contribution in [-0.2, 0) is 14.2 Å². The Hall–Kier alpha value is -2.90. The lowest BCUT2D eigenvalue weighted by molar-refractivity contribution is -0.923. The highest BCUT2D eigenvalue weighted by Gasteiger charge is 2.21. The molecule has 0 radical (unpaired) electrons. The number of nitrogens with zero attached hydrogens (tertiary/aromatic N) is 7. The van der Waals surface area contributed by atoms with Crippen LogP contribution in [0.1, 0.15) is 63.1 Å². The molecule has 47 heavy (non-hydrogen) atoms. The maximum absolute atomic E-state index is 9.55. The Morgan fingerprint density at radius 3 is 1.68 bits per heavy atom. The van der Waals surface area contributed by atoms with Crippen LogP contribution in [0.15, 0.2) is 28.4 Å². The SMILES string of the molecule is CC[N+](CC)(CC)CCOCCOCCN(CCOCC[N+](CC)(CC)CC)c1ccc(N=Nc2sc(C#N)c(C)c2C#N)c(C)c1. The van der Waals surface area contributed by atoms with Crippen molar-refractivity contribution >= 4 is 27.7 Å². The van der Waals surface area contributed by atoms with E-state index in [0.717, 1.165) is 105 Å². The lowest BCUT2D eigenvalue weighted by Gasteiger charge is -2.35. The highest BCUT2D eigenvalue weighted by molar-refractivity contribution is 7.16. The molecule has 1 aromatic heterocycles. The van der Waals surface area contributed by atoms with Crippen LogP contribution in [0.5, 0.6) is 0 Å². The second-order valence-electron chi connectivity index (χ2n) is 12.0. The predicted octanol–water partition coefficient (Wildman–Crippen LogP) is 7.13. The maximum atomic E-state index is 9.55. The van der Waals surface area contributed by atoms with E-state index in [0.29, 0.717) is 47.4 Å². The Morgan fingerprint density at radius 2 is 1.21 bits per heavy atom. The van der Waals surface area contributed by atoms with E-state index in [1.54, 1.807) is 6.92 Å². The summed E-state index contributed by atoms with van der Waals surface area (Å²) in [5, 5.41) is 28.1. The highest BCUT2D eigenvalue weighted by Crippen LogP contribution is 2.36. The standard InChI is InChI=1S/C36H59N7O3S/c1-9-42(10-2,11-3)19-23-44-21-17-41(18-22-45-25-26-46-24-20-43(12-4,13-5)14-6)32-15-16-34(30(7)27-32)39-40-36-33(28-37)31(8)35(29-38)47-36/h15-16,27H,9-14,17-26H2,1-8H3/q+2. The summed E-state index contributed by atoms with van der Waals surface area (Å²) in [5.41, 5.74) is 3.81. The molecule has 0 aliphatic rings. The van der Waals surface area contributed by atoms with Gasteiger partial charge in [-0.1, -0.05) is 0 Å². The highest BCUT2D eigenvalue weighted by atomic mass is 32.1. The van der Waals surface area contributed by atoms with Gasteiger partial charge in [-0.2, -0.15) is 10.5 Å². The Labute approximate surface area is 288 Å². The summed E-state index contributed by atoms with van der Waals surface area (Å²) in [5.74, 6) is 0. The Kier molecular flexibility index (Phi) is 18.1. The number of ether oxygens (including phenoxy) is 3. The van der Waals surface area contributed by atoms with Crippen molar-refractivity contribution in [3.63, 3.8) is 0 Å². The largest absolute Gasteiger partial charge is 0.377 e. The van der Waals surface area contributed by atoms with E-state index >= 15 is 0 Å². The average molecular weight is 670 g/mol. The first kappa shape index (κ1) is 40.3. The molecule has 10 nitrogen and oxygen atoms in total. The molecular formula is C36H59N7O3S+2. The summed E-state index contributed by atoms with van der Waals surface area (Å²) < 4.78 is 20.2. The van der Waals surface area contributed by atoms with Crippen molar-refractivity contribution in [2.75, 3.05) is 110 Å². The predicted molar refractivity (Wildman–Crippen MR) is 192 cm³/mol. The molecule has 0 aliphatic carbocycles. The molecule has 260 valence electrons. The molecule has 0 atom stereocenters. The van der Waals surface area contributed by atoms with E-state index in [-0.39, 0.29) is 0 Å². The fourth-order valence-corrected chi connectivity index (χ4v) is 6.68. The molecule has 1 aromatic carbocycles. The fourth-order valence-electron chi connectivity index (χ4n) is 5.81. The van der Waals surface area contributed by atoms with Crippen molar-refractivity contribution in [2.24, 2.45) is 10.2 Å². The Morgan fingerprint density at radius 1 is 0.702 bits per heavy atom. The normalized spacial score (nSPS) is 12.0. The van der Waals surface area contributed by atoms with Gasteiger partial charge in [0.15, 0.2) is 5.00 Å². The third-order valence-electron chi connectivity index (χ3n) is 9.96. The Bertz CT molecular complexity index is 1310. The number of azo groups is 1. The van der Waals surface area contributed by atoms with E-state index < -0.39 is 0 Å². The van der Waals surface area contributed by atoms with Crippen LogP contribution >= 0.6 is 11.3 Å². The molecule has 0 saturated carbocycles. The quantitative estimate of drug-likeness (QED) is 0.0669. The summed E-state index contributed by atoms with van der Waals surface area (Å²) >= 11 is 1.19. The number of quaternary nitrogens is 2. The summed E-state index contributed by atoms with van der Waals surface area (Å²) in [6, 6.07) is 10.4. The molecule has 0 spiro atoms. The minimum atomic E-state index is 0.407. The number of nitriles is 2. The van der Waals surface area contributed by atoms with Gasteiger partial charge in [-0.15, -0.1) is 21.6 Å². The molecule has 0 unspecified atom stereocenters. The number of hydrogen-bond donors (Lipinski definition) is 0. The van der Waals surface area contributed by atoms with Gasteiger partial charge in [0.05, 0.1) is 90.2 Å². The molecule has 1 heterocycles. The minimum Gasteiger partial charge on any atom is -0.377 e. The number of thiophene rings is 1. The molecule has 2 rings (SSSR count). The number of hydrogen-bond acceptors (Lipinski definition) is 9. The van der Waals surface area contributed by atoms with Crippen molar-refractivity contribution in [3.05, 3.63) is 39.8 Å². The molecule has 0 fully saturated rings. The zero-order valence-corrected chi connectivity index (χ0v) is 31.1. The number of likely N-dealkylation sites (N-methyl/N-ethyl adjacent to an activating group) is 2. The monoisotopic (exact) mass is 669 g/mol. The van der Waals surface area contributed by atoms with E-state index in [1.165, 1.54) is 11.3 Å². The first-order valence-electron chi connectivity index (χ1n) is 17.4. The fraction of sp³-hybridized carbons (Fsp3) is 0.667. The first-order valence-corrected chi connectivity index (χ1v) is 18.2. The van der Waals surface area contributed by atoms with Crippen LogP contribution in [0, 0.1) is 36.5 Å². The zero-order chi connectivity index (χ0) is 34.7. The molecule has 2 aromatic rings. The van der Waals surface area contributed by atoms with E-state index in [1.807, 2.05) is 19.1 Å². The summed E-state index contributed by atoms with van der Waals surface area (Å²) in [4.78, 5) is 2.78. The summed E-state index contributed by atoms with van der Waals surface area (Å²) in [6.45, 7) is 31.4. The lowest BCUT2D eigenvalue weighted by atomic mass is 10.1. The molecular weight excluding hydrogens is 611 g/mol. The molecule has 0 amide bonds. The van der Waals surface area contributed by atoms with Crippen molar-refractivity contribution < 1.29 is 23.2 Å². The average Bonchev–Trinajstić information content (AvgIpc) is 3.42. The van der Waals surface area contributed by atoms with Gasteiger partial charge in [-0.25, -0.2) is 0 Å². The van der Waals surface area contributed by atoms with Gasteiger partial charge in [0.25, 0.3) is 0 Å². The van der Waals surface area contributed by atoms with Crippen LogP contribution in [0.2, 0.25) is 0 Å². The van der Waals surface area contributed by atoms with E-state index in [4.69, 9.17) is 14.2 Å². The van der Waals surface area contributed by atoms with Crippen LogP contribution in [0.4, 0.5) is 16.4 Å².